The molecule has 3 N–H and O–H groups in total. The smallest absolute Gasteiger partial charge is 0.314 e. The van der Waals surface area contributed by atoms with E-state index in [0.717, 1.165) is 0 Å². The van der Waals surface area contributed by atoms with E-state index in [1.165, 1.54) is 13.8 Å². The first-order valence-electron chi connectivity index (χ1n) is 2.40. The lowest BCUT2D eigenvalue weighted by Crippen LogP contribution is -2.44. The molecule has 0 spiro atoms. The van der Waals surface area contributed by atoms with Crippen molar-refractivity contribution in [1.29, 1.82) is 0 Å². The summed E-state index contributed by atoms with van der Waals surface area (Å²) in [6, 6.07) is -0.750. The maximum Gasteiger partial charge on any atom is 0.314 e. The summed E-state index contributed by atoms with van der Waals surface area (Å²) in [5.74, 6) is 0. The van der Waals surface area contributed by atoms with E-state index in [9.17, 15) is 9.70 Å². The van der Waals surface area contributed by atoms with Crippen LogP contribution in [-0.2, 0) is 0 Å². The molecule has 52 valence electrons. The van der Waals surface area contributed by atoms with Crippen LogP contribution >= 0.6 is 0 Å². The molecular weight excluding hydrogens is 122 g/mol. The fourth-order valence-electron chi connectivity index (χ4n) is 0.324. The highest BCUT2D eigenvalue weighted by atomic mass is 16.3. The van der Waals surface area contributed by atoms with E-state index in [4.69, 9.17) is 5.73 Å². The molecule has 0 aromatic rings. The van der Waals surface area contributed by atoms with Crippen molar-refractivity contribution < 1.29 is 4.79 Å². The summed E-state index contributed by atoms with van der Waals surface area (Å²) in [4.78, 5) is 19.9. The number of nitrogens with one attached hydrogen (secondary N) is 1. The molecule has 0 aliphatic heterocycles. The SMILES string of the molecule is CC(C)(N=O)NC(N)=O. The monoisotopic (exact) mass is 131 g/mol. The van der Waals surface area contributed by atoms with Gasteiger partial charge < -0.3 is 11.1 Å². The molecule has 0 fully saturated rings. The average Bonchev–Trinajstić information content (AvgIpc) is 1.63. The first-order valence-corrected chi connectivity index (χ1v) is 2.40. The summed E-state index contributed by atoms with van der Waals surface area (Å²) in [6.45, 7) is 2.90. The molecule has 0 heterocycles. The van der Waals surface area contributed by atoms with Gasteiger partial charge in [-0.3, -0.25) is 0 Å². The van der Waals surface area contributed by atoms with Crippen LogP contribution in [0.4, 0.5) is 4.79 Å². The van der Waals surface area contributed by atoms with Gasteiger partial charge in [-0.15, -0.1) is 4.91 Å². The van der Waals surface area contributed by atoms with Crippen molar-refractivity contribution in [3.8, 4) is 0 Å². The Labute approximate surface area is 52.6 Å². The lowest BCUT2D eigenvalue weighted by molar-refractivity contribution is 0.239. The second-order valence-corrected chi connectivity index (χ2v) is 2.14. The molecule has 2 amide bonds. The van der Waals surface area contributed by atoms with Gasteiger partial charge in [0.1, 0.15) is 0 Å². The molecule has 0 saturated carbocycles. The van der Waals surface area contributed by atoms with E-state index in [1.807, 2.05) is 0 Å². The maximum atomic E-state index is 10.1. The zero-order chi connectivity index (χ0) is 7.49. The van der Waals surface area contributed by atoms with E-state index in [1.54, 1.807) is 0 Å². The Morgan fingerprint density at radius 1 is 1.67 bits per heavy atom. The zero-order valence-corrected chi connectivity index (χ0v) is 5.34. The van der Waals surface area contributed by atoms with Gasteiger partial charge in [0.15, 0.2) is 5.66 Å². The van der Waals surface area contributed by atoms with Crippen LogP contribution in [0.25, 0.3) is 0 Å². The molecule has 0 aromatic carbocycles. The van der Waals surface area contributed by atoms with Crippen LogP contribution in [-0.4, -0.2) is 11.7 Å². The van der Waals surface area contributed by atoms with Crippen molar-refractivity contribution in [1.82, 2.24) is 5.32 Å². The van der Waals surface area contributed by atoms with Gasteiger partial charge in [0.25, 0.3) is 0 Å². The van der Waals surface area contributed by atoms with E-state index in [0.29, 0.717) is 0 Å². The summed E-state index contributed by atoms with van der Waals surface area (Å²) < 4.78 is 0. The predicted octanol–water partition coefficient (Wildman–Crippen LogP) is 0.157. The Kier molecular flexibility index (Phi) is 2.12. The number of rotatable bonds is 2. The highest BCUT2D eigenvalue weighted by Gasteiger charge is 2.18. The van der Waals surface area contributed by atoms with E-state index in [2.05, 4.69) is 10.5 Å². The Balaban J connectivity index is 3.86. The third kappa shape index (κ3) is 3.45. The number of nitrogens with zero attached hydrogens (tertiary/aromatic N) is 1. The number of hydrogen-bond acceptors (Lipinski definition) is 3. The van der Waals surface area contributed by atoms with Crippen molar-refractivity contribution in [2.24, 2.45) is 10.9 Å². The van der Waals surface area contributed by atoms with Crippen LogP contribution in [0.15, 0.2) is 5.18 Å². The molecule has 0 aliphatic carbocycles. The Morgan fingerprint density at radius 2 is 2.11 bits per heavy atom. The minimum Gasteiger partial charge on any atom is -0.352 e. The number of nitroso groups, excluding NO2 is 1. The minimum absolute atomic E-state index is 0.750. The van der Waals surface area contributed by atoms with Gasteiger partial charge in [-0.2, -0.15) is 0 Å². The molecule has 0 aliphatic rings. The van der Waals surface area contributed by atoms with Crippen LogP contribution < -0.4 is 11.1 Å². The van der Waals surface area contributed by atoms with Crippen molar-refractivity contribution in [2.45, 2.75) is 19.5 Å². The van der Waals surface area contributed by atoms with Crippen molar-refractivity contribution in [3.05, 3.63) is 4.91 Å². The summed E-state index contributed by atoms with van der Waals surface area (Å²) >= 11 is 0. The second kappa shape index (κ2) is 2.43. The Morgan fingerprint density at radius 3 is 2.22 bits per heavy atom. The number of nitrogens with two attached hydrogens (primary N) is 1. The number of amides is 2. The molecule has 0 bridgehead atoms. The van der Waals surface area contributed by atoms with Crippen LogP contribution in [0.2, 0.25) is 0 Å². The highest BCUT2D eigenvalue weighted by Crippen LogP contribution is 2.00. The normalized spacial score (nSPS) is 10.4. The number of urea groups is 1. The lowest BCUT2D eigenvalue weighted by Gasteiger charge is -2.14. The standard InChI is InChI=1S/C4H9N3O2/c1-4(2,7-9)6-3(5)8/h1-2H3,(H3,5,6,8). The van der Waals surface area contributed by atoms with Crippen molar-refractivity contribution in [3.63, 3.8) is 0 Å². The van der Waals surface area contributed by atoms with Crippen LogP contribution in [0.3, 0.4) is 0 Å². The highest BCUT2D eigenvalue weighted by molar-refractivity contribution is 5.72. The molecule has 0 rings (SSSR count). The molecule has 0 radical (unpaired) electrons. The quantitative estimate of drug-likeness (QED) is 0.523. The van der Waals surface area contributed by atoms with Crippen LogP contribution in [0.5, 0.6) is 0 Å². The summed E-state index contributed by atoms with van der Waals surface area (Å²) in [6.07, 6.45) is 0. The van der Waals surface area contributed by atoms with Gasteiger partial charge in [-0.25, -0.2) is 4.79 Å². The number of primary amides is 1. The maximum absolute atomic E-state index is 10.1. The van der Waals surface area contributed by atoms with E-state index in [-0.39, 0.29) is 0 Å². The predicted molar refractivity (Wildman–Crippen MR) is 32.6 cm³/mol. The molecular formula is C4H9N3O2. The molecule has 5 nitrogen and oxygen atoms in total. The summed E-state index contributed by atoms with van der Waals surface area (Å²) in [5.41, 5.74) is 3.61. The third-order valence-electron chi connectivity index (χ3n) is 0.657. The molecule has 0 atom stereocenters. The van der Waals surface area contributed by atoms with Gasteiger partial charge in [-0.05, 0) is 19.0 Å². The van der Waals surface area contributed by atoms with Gasteiger partial charge in [0.2, 0.25) is 0 Å². The largest absolute Gasteiger partial charge is 0.352 e. The molecule has 9 heavy (non-hydrogen) atoms. The van der Waals surface area contributed by atoms with Gasteiger partial charge in [0, 0.05) is 0 Å². The summed E-state index contributed by atoms with van der Waals surface area (Å²) in [5, 5.41) is 4.73. The minimum atomic E-state index is -1.09. The van der Waals surface area contributed by atoms with Crippen LogP contribution in [0, 0.1) is 4.91 Å². The van der Waals surface area contributed by atoms with Gasteiger partial charge in [-0.1, -0.05) is 0 Å². The molecule has 0 aromatic heterocycles. The first kappa shape index (κ1) is 7.87. The number of carbonyl (C=O) groups excluding carboxylic acids is 1. The summed E-state index contributed by atoms with van der Waals surface area (Å²) in [7, 11) is 0. The van der Waals surface area contributed by atoms with Crippen molar-refractivity contribution >= 4 is 6.03 Å². The van der Waals surface area contributed by atoms with Gasteiger partial charge >= 0.3 is 6.03 Å². The zero-order valence-electron chi connectivity index (χ0n) is 5.34. The van der Waals surface area contributed by atoms with Crippen LogP contribution in [0.1, 0.15) is 13.8 Å². The van der Waals surface area contributed by atoms with Gasteiger partial charge in [0.05, 0.1) is 0 Å². The fourth-order valence-corrected chi connectivity index (χ4v) is 0.324. The van der Waals surface area contributed by atoms with Crippen molar-refractivity contribution in [2.75, 3.05) is 0 Å². The third-order valence-corrected chi connectivity index (χ3v) is 0.657. The molecule has 5 heteroatoms. The first-order chi connectivity index (χ1) is 3.98. The Hall–Kier alpha value is -1.13. The fraction of sp³-hybridized carbons (Fsp3) is 0.750. The second-order valence-electron chi connectivity index (χ2n) is 2.14. The van der Waals surface area contributed by atoms with E-state index >= 15 is 0 Å². The number of carbonyl (C=O) groups is 1. The molecule has 0 saturated heterocycles. The van der Waals surface area contributed by atoms with E-state index < -0.39 is 11.7 Å². The lowest BCUT2D eigenvalue weighted by atomic mass is 10.3. The topological polar surface area (TPSA) is 84.6 Å². The Bertz CT molecular complexity index is 132. The number of hydrogen-bond donors (Lipinski definition) is 2. The molecule has 0 unspecified atom stereocenters. The average molecular weight is 131 g/mol.